The number of aromatic nitrogens is 1. The molecule has 2 aliphatic rings. The maximum atomic E-state index is 13.4. The van der Waals surface area contributed by atoms with Crippen molar-refractivity contribution in [3.63, 3.8) is 0 Å². The summed E-state index contributed by atoms with van der Waals surface area (Å²) >= 11 is 1.66. The predicted molar refractivity (Wildman–Crippen MR) is 107 cm³/mol. The Morgan fingerprint density at radius 1 is 1.27 bits per heavy atom. The van der Waals surface area contributed by atoms with Crippen molar-refractivity contribution in [3.8, 4) is 0 Å². The van der Waals surface area contributed by atoms with E-state index in [1.54, 1.807) is 11.3 Å². The van der Waals surface area contributed by atoms with Crippen LogP contribution in [-0.2, 0) is 10.2 Å². The van der Waals surface area contributed by atoms with Crippen LogP contribution in [0.3, 0.4) is 0 Å². The van der Waals surface area contributed by atoms with Crippen LogP contribution in [0.25, 0.3) is 0 Å². The van der Waals surface area contributed by atoms with Crippen molar-refractivity contribution in [1.29, 1.82) is 0 Å². The second kappa shape index (κ2) is 6.66. The number of hydrogen-bond acceptors (Lipinski definition) is 4. The number of Topliss-reactive ketones (excluding diaryl/α,β-unsaturated/α-hetero) is 1. The average molecular weight is 367 g/mol. The number of rotatable bonds is 4. The molecule has 0 amide bonds. The molecule has 1 aromatic carbocycles. The number of benzene rings is 1. The molecule has 1 unspecified atom stereocenters. The van der Waals surface area contributed by atoms with E-state index in [1.807, 2.05) is 11.6 Å². The SMILES string of the molecule is CC[C@]1(c2ccccc2)C2=C(CC(CC(C)C)CC2=O)Nc2ncsc21. The Hall–Kier alpha value is -1.94. The van der Waals surface area contributed by atoms with Gasteiger partial charge in [-0.05, 0) is 36.7 Å². The highest BCUT2D eigenvalue weighted by Gasteiger charge is 2.49. The maximum absolute atomic E-state index is 13.4. The predicted octanol–water partition coefficient (Wildman–Crippen LogP) is 5.54. The molecule has 4 heteroatoms. The van der Waals surface area contributed by atoms with Crippen molar-refractivity contribution in [3.05, 3.63) is 57.6 Å². The third-order valence-electron chi connectivity index (χ3n) is 5.80. The molecule has 2 heterocycles. The van der Waals surface area contributed by atoms with Gasteiger partial charge in [0.15, 0.2) is 5.78 Å². The standard InChI is InChI=1S/C22H26N2OS/c1-4-22(16-8-6-5-7-9-16)19-17(24-21-20(22)26-13-23-21)11-15(10-14(2)3)12-18(19)25/h5-9,13-15,24H,4,10-12H2,1-3H3/t15?,22-/m0/s1. The largest absolute Gasteiger partial charge is 0.342 e. The molecule has 4 rings (SSSR count). The number of thiazole rings is 1. The van der Waals surface area contributed by atoms with E-state index in [-0.39, 0.29) is 5.41 Å². The topological polar surface area (TPSA) is 42.0 Å². The molecule has 0 spiro atoms. The van der Waals surface area contributed by atoms with Crippen molar-refractivity contribution in [1.82, 2.24) is 4.98 Å². The molecule has 2 atom stereocenters. The van der Waals surface area contributed by atoms with Gasteiger partial charge in [-0.1, -0.05) is 51.1 Å². The van der Waals surface area contributed by atoms with E-state index in [2.05, 4.69) is 55.3 Å². The van der Waals surface area contributed by atoms with Crippen LogP contribution >= 0.6 is 11.3 Å². The number of allylic oxidation sites excluding steroid dienone is 2. The first-order valence-electron chi connectivity index (χ1n) is 9.59. The summed E-state index contributed by atoms with van der Waals surface area (Å²) in [5.74, 6) is 2.30. The number of nitrogens with zero attached hydrogens (tertiary/aromatic N) is 1. The van der Waals surface area contributed by atoms with E-state index < -0.39 is 0 Å². The van der Waals surface area contributed by atoms with Gasteiger partial charge in [-0.15, -0.1) is 11.3 Å². The summed E-state index contributed by atoms with van der Waals surface area (Å²) in [5, 5.41) is 3.53. The number of carbonyl (C=O) groups is 1. The van der Waals surface area contributed by atoms with Crippen molar-refractivity contribution < 1.29 is 4.79 Å². The number of anilines is 1. The minimum absolute atomic E-state index is 0.314. The molecule has 2 aromatic rings. The molecular weight excluding hydrogens is 340 g/mol. The van der Waals surface area contributed by atoms with Gasteiger partial charge in [-0.2, -0.15) is 0 Å². The Morgan fingerprint density at radius 2 is 2.04 bits per heavy atom. The van der Waals surface area contributed by atoms with E-state index in [1.165, 1.54) is 10.4 Å². The molecule has 1 aliphatic carbocycles. The summed E-state index contributed by atoms with van der Waals surface area (Å²) < 4.78 is 0. The van der Waals surface area contributed by atoms with Gasteiger partial charge in [-0.3, -0.25) is 4.79 Å². The third kappa shape index (κ3) is 2.62. The molecule has 0 saturated carbocycles. The lowest BCUT2D eigenvalue weighted by Gasteiger charge is -2.43. The maximum Gasteiger partial charge on any atom is 0.162 e. The zero-order valence-electron chi connectivity index (χ0n) is 15.7. The molecule has 136 valence electrons. The van der Waals surface area contributed by atoms with E-state index >= 15 is 0 Å². The molecule has 26 heavy (non-hydrogen) atoms. The van der Waals surface area contributed by atoms with Gasteiger partial charge in [0.25, 0.3) is 0 Å². The van der Waals surface area contributed by atoms with Crippen LogP contribution in [0.1, 0.15) is 56.9 Å². The molecule has 0 fully saturated rings. The average Bonchev–Trinajstić information content (AvgIpc) is 3.08. The minimum atomic E-state index is -0.363. The van der Waals surface area contributed by atoms with E-state index in [0.29, 0.717) is 24.0 Å². The smallest absolute Gasteiger partial charge is 0.162 e. The number of nitrogens with one attached hydrogen (secondary N) is 1. The zero-order chi connectivity index (χ0) is 18.3. The fraction of sp³-hybridized carbons (Fsp3) is 0.455. The van der Waals surface area contributed by atoms with E-state index in [4.69, 9.17) is 0 Å². The molecule has 3 nitrogen and oxygen atoms in total. The zero-order valence-corrected chi connectivity index (χ0v) is 16.5. The first kappa shape index (κ1) is 17.5. The quantitative estimate of drug-likeness (QED) is 0.772. The van der Waals surface area contributed by atoms with Crippen molar-refractivity contribution >= 4 is 22.9 Å². The third-order valence-corrected chi connectivity index (χ3v) is 6.79. The Balaban J connectivity index is 1.89. The highest BCUT2D eigenvalue weighted by Crippen LogP contribution is 2.53. The monoisotopic (exact) mass is 366 g/mol. The van der Waals surface area contributed by atoms with E-state index in [9.17, 15) is 4.79 Å². The summed E-state index contributed by atoms with van der Waals surface area (Å²) in [7, 11) is 0. The Kier molecular flexibility index (Phi) is 4.47. The van der Waals surface area contributed by atoms with Gasteiger partial charge in [0.1, 0.15) is 5.82 Å². The normalized spacial score (nSPS) is 25.1. The summed E-state index contributed by atoms with van der Waals surface area (Å²) in [6.45, 7) is 6.67. The second-order valence-corrected chi connectivity index (χ2v) is 8.82. The van der Waals surface area contributed by atoms with Crippen molar-refractivity contribution in [2.45, 2.75) is 51.9 Å². The Labute approximate surface area is 159 Å². The van der Waals surface area contributed by atoms with Crippen LogP contribution in [0.2, 0.25) is 0 Å². The molecular formula is C22H26N2OS. The molecule has 0 radical (unpaired) electrons. The Morgan fingerprint density at radius 3 is 2.73 bits per heavy atom. The minimum Gasteiger partial charge on any atom is -0.342 e. The lowest BCUT2D eigenvalue weighted by Crippen LogP contribution is -2.41. The number of hydrogen-bond donors (Lipinski definition) is 1. The first-order chi connectivity index (χ1) is 12.6. The highest BCUT2D eigenvalue weighted by atomic mass is 32.1. The lowest BCUT2D eigenvalue weighted by atomic mass is 9.64. The highest BCUT2D eigenvalue weighted by molar-refractivity contribution is 7.10. The van der Waals surface area contributed by atoms with Gasteiger partial charge < -0.3 is 5.32 Å². The summed E-state index contributed by atoms with van der Waals surface area (Å²) in [6, 6.07) is 10.5. The van der Waals surface area contributed by atoms with Crippen LogP contribution in [0.4, 0.5) is 5.82 Å². The summed E-state index contributed by atoms with van der Waals surface area (Å²) in [5.41, 5.74) is 4.84. The Bertz CT molecular complexity index is 852. The number of ketones is 1. The number of carbonyl (C=O) groups excluding carboxylic acids is 1. The summed E-state index contributed by atoms with van der Waals surface area (Å²) in [4.78, 5) is 19.2. The molecule has 1 aliphatic heterocycles. The van der Waals surface area contributed by atoms with Gasteiger partial charge in [0.2, 0.25) is 0 Å². The molecule has 1 N–H and O–H groups in total. The van der Waals surface area contributed by atoms with E-state index in [0.717, 1.165) is 36.4 Å². The molecule has 1 aromatic heterocycles. The second-order valence-electron chi connectivity index (χ2n) is 7.96. The molecule has 0 bridgehead atoms. The fourth-order valence-electron chi connectivity index (χ4n) is 4.87. The van der Waals surface area contributed by atoms with Gasteiger partial charge >= 0.3 is 0 Å². The summed E-state index contributed by atoms with van der Waals surface area (Å²) in [6.07, 6.45) is 3.58. The van der Waals surface area contributed by atoms with Crippen molar-refractivity contribution in [2.24, 2.45) is 11.8 Å². The number of fused-ring (bicyclic) bond motifs is 1. The fourth-order valence-corrected chi connectivity index (χ4v) is 5.92. The van der Waals surface area contributed by atoms with Crippen LogP contribution in [-0.4, -0.2) is 10.8 Å². The van der Waals surface area contributed by atoms with Gasteiger partial charge in [0.05, 0.1) is 15.8 Å². The van der Waals surface area contributed by atoms with Gasteiger partial charge in [0, 0.05) is 17.7 Å². The lowest BCUT2D eigenvalue weighted by molar-refractivity contribution is -0.117. The van der Waals surface area contributed by atoms with Crippen LogP contribution in [0, 0.1) is 11.8 Å². The van der Waals surface area contributed by atoms with Crippen LogP contribution in [0.5, 0.6) is 0 Å². The van der Waals surface area contributed by atoms with Crippen LogP contribution < -0.4 is 5.32 Å². The van der Waals surface area contributed by atoms with Gasteiger partial charge in [-0.25, -0.2) is 4.98 Å². The molecule has 0 saturated heterocycles. The van der Waals surface area contributed by atoms with Crippen molar-refractivity contribution in [2.75, 3.05) is 5.32 Å². The van der Waals surface area contributed by atoms with Crippen LogP contribution in [0.15, 0.2) is 47.1 Å². The first-order valence-corrected chi connectivity index (χ1v) is 10.5.